The molecule has 0 aliphatic carbocycles. The van der Waals surface area contributed by atoms with Crippen molar-refractivity contribution in [2.75, 3.05) is 0 Å². The molecule has 2 rings (SSSR count). The first-order valence-electron chi connectivity index (χ1n) is 8.30. The van der Waals surface area contributed by atoms with Crippen LogP contribution in [0.4, 0.5) is 0 Å². The number of hydrogen-bond donors (Lipinski definition) is 0. The number of unbranched alkanes of at least 4 members (excludes halogenated alkanes) is 2. The molecule has 0 fully saturated rings. The van der Waals surface area contributed by atoms with Gasteiger partial charge in [0.05, 0.1) is 6.42 Å². The van der Waals surface area contributed by atoms with Gasteiger partial charge < -0.3 is 8.83 Å². The van der Waals surface area contributed by atoms with E-state index in [1.807, 2.05) is 13.8 Å². The minimum absolute atomic E-state index is 0.791. The second kappa shape index (κ2) is 7.53. The second-order valence-corrected chi connectivity index (χ2v) is 5.99. The summed E-state index contributed by atoms with van der Waals surface area (Å²) >= 11 is 0. The Balaban J connectivity index is 2.17. The molecule has 0 atom stereocenters. The highest BCUT2D eigenvalue weighted by atomic mass is 16.4. The smallest absolute Gasteiger partial charge is 0.114 e. The fourth-order valence-electron chi connectivity index (χ4n) is 2.83. The third-order valence-corrected chi connectivity index (χ3v) is 3.96. The molecule has 21 heavy (non-hydrogen) atoms. The summed E-state index contributed by atoms with van der Waals surface area (Å²) in [4.78, 5) is 0. The van der Waals surface area contributed by atoms with Gasteiger partial charge in [-0.1, -0.05) is 26.7 Å². The minimum Gasteiger partial charge on any atom is -0.466 e. The number of furan rings is 2. The predicted molar refractivity (Wildman–Crippen MR) is 86.9 cm³/mol. The zero-order valence-electron chi connectivity index (χ0n) is 13.9. The lowest BCUT2D eigenvalue weighted by Gasteiger charge is -2.03. The topological polar surface area (TPSA) is 26.3 Å². The van der Waals surface area contributed by atoms with E-state index in [-0.39, 0.29) is 0 Å². The molecule has 0 amide bonds. The lowest BCUT2D eigenvalue weighted by molar-refractivity contribution is 0.444. The van der Waals surface area contributed by atoms with E-state index in [1.165, 1.54) is 36.8 Å². The largest absolute Gasteiger partial charge is 0.466 e. The van der Waals surface area contributed by atoms with Crippen LogP contribution in [0.25, 0.3) is 0 Å². The van der Waals surface area contributed by atoms with E-state index in [4.69, 9.17) is 8.83 Å². The van der Waals surface area contributed by atoms with E-state index in [9.17, 15) is 0 Å². The Labute approximate surface area is 128 Å². The monoisotopic (exact) mass is 288 g/mol. The number of hydrogen-bond acceptors (Lipinski definition) is 2. The molecule has 0 radical (unpaired) electrons. The van der Waals surface area contributed by atoms with Gasteiger partial charge in [-0.05, 0) is 62.8 Å². The molecule has 2 nitrogen and oxygen atoms in total. The SMILES string of the molecule is CCCCc1cc(C)oc1Cc1oc(C)cc1CCCC. The van der Waals surface area contributed by atoms with Crippen LogP contribution in [0, 0.1) is 13.8 Å². The molecule has 116 valence electrons. The maximum Gasteiger partial charge on any atom is 0.114 e. The second-order valence-electron chi connectivity index (χ2n) is 5.99. The molecule has 0 saturated carbocycles. The van der Waals surface area contributed by atoms with E-state index in [0.717, 1.165) is 42.3 Å². The Bertz CT molecular complexity index is 510. The van der Waals surface area contributed by atoms with Crippen LogP contribution < -0.4 is 0 Å². The summed E-state index contributed by atoms with van der Waals surface area (Å²) in [5.74, 6) is 4.20. The summed E-state index contributed by atoms with van der Waals surface area (Å²) in [6.45, 7) is 8.52. The summed E-state index contributed by atoms with van der Waals surface area (Å²) in [6.07, 6.45) is 7.86. The quantitative estimate of drug-likeness (QED) is 0.616. The molecule has 0 spiro atoms. The average molecular weight is 288 g/mol. The molecule has 0 N–H and O–H groups in total. The molecule has 0 bridgehead atoms. The number of aryl methyl sites for hydroxylation is 4. The van der Waals surface area contributed by atoms with Crippen LogP contribution in [0.1, 0.15) is 73.7 Å². The first-order chi connectivity index (χ1) is 10.1. The third-order valence-electron chi connectivity index (χ3n) is 3.96. The van der Waals surface area contributed by atoms with Crippen molar-refractivity contribution in [3.63, 3.8) is 0 Å². The van der Waals surface area contributed by atoms with Gasteiger partial charge in [-0.2, -0.15) is 0 Å². The molecule has 2 heteroatoms. The molecular formula is C19H28O2. The average Bonchev–Trinajstić information content (AvgIpc) is 2.97. The van der Waals surface area contributed by atoms with Crippen LogP contribution in [0.15, 0.2) is 21.0 Å². The molecule has 2 heterocycles. The van der Waals surface area contributed by atoms with Gasteiger partial charge in [0.25, 0.3) is 0 Å². The highest BCUT2D eigenvalue weighted by Gasteiger charge is 2.15. The summed E-state index contributed by atoms with van der Waals surface area (Å²) < 4.78 is 11.8. The fraction of sp³-hybridized carbons (Fsp3) is 0.579. The van der Waals surface area contributed by atoms with Crippen molar-refractivity contribution in [2.45, 2.75) is 72.6 Å². The van der Waals surface area contributed by atoms with E-state index < -0.39 is 0 Å². The van der Waals surface area contributed by atoms with Crippen molar-refractivity contribution in [2.24, 2.45) is 0 Å². The molecular weight excluding hydrogens is 260 g/mol. The van der Waals surface area contributed by atoms with Gasteiger partial charge in [-0.15, -0.1) is 0 Å². The van der Waals surface area contributed by atoms with E-state index in [0.29, 0.717) is 0 Å². The van der Waals surface area contributed by atoms with Crippen LogP contribution in [0.3, 0.4) is 0 Å². The maximum absolute atomic E-state index is 5.92. The third kappa shape index (κ3) is 4.26. The highest BCUT2D eigenvalue weighted by molar-refractivity contribution is 5.29. The predicted octanol–water partition coefficient (Wildman–Crippen LogP) is 5.77. The lowest BCUT2D eigenvalue weighted by atomic mass is 10.0. The van der Waals surface area contributed by atoms with Crippen LogP contribution >= 0.6 is 0 Å². The fourth-order valence-corrected chi connectivity index (χ4v) is 2.83. The molecule has 2 aromatic rings. The van der Waals surface area contributed by atoms with Crippen molar-refractivity contribution < 1.29 is 8.83 Å². The molecule has 0 aromatic carbocycles. The van der Waals surface area contributed by atoms with Gasteiger partial charge in [0.2, 0.25) is 0 Å². The normalized spacial score (nSPS) is 11.2. The Morgan fingerprint density at radius 2 is 1.19 bits per heavy atom. The van der Waals surface area contributed by atoms with Crippen molar-refractivity contribution in [1.82, 2.24) is 0 Å². The number of rotatable bonds is 8. The minimum atomic E-state index is 0.791. The molecule has 0 unspecified atom stereocenters. The van der Waals surface area contributed by atoms with Gasteiger partial charge in [-0.3, -0.25) is 0 Å². The lowest BCUT2D eigenvalue weighted by Crippen LogP contribution is -1.95. The van der Waals surface area contributed by atoms with Gasteiger partial charge in [-0.25, -0.2) is 0 Å². The highest BCUT2D eigenvalue weighted by Crippen LogP contribution is 2.25. The maximum atomic E-state index is 5.92. The first kappa shape index (κ1) is 15.9. The molecule has 0 aliphatic heterocycles. The van der Waals surface area contributed by atoms with E-state index in [2.05, 4.69) is 26.0 Å². The van der Waals surface area contributed by atoms with Crippen molar-refractivity contribution in [1.29, 1.82) is 0 Å². The van der Waals surface area contributed by atoms with Gasteiger partial charge >= 0.3 is 0 Å². The summed E-state index contributed by atoms with van der Waals surface area (Å²) in [5.41, 5.74) is 2.70. The van der Waals surface area contributed by atoms with Crippen LogP contribution in [0.2, 0.25) is 0 Å². The zero-order valence-corrected chi connectivity index (χ0v) is 13.9. The van der Waals surface area contributed by atoms with Crippen LogP contribution in [0.5, 0.6) is 0 Å². The molecule has 2 aromatic heterocycles. The molecule has 0 aliphatic rings. The molecule has 0 saturated heterocycles. The van der Waals surface area contributed by atoms with Crippen molar-refractivity contribution in [3.05, 3.63) is 46.3 Å². The Hall–Kier alpha value is -1.44. The van der Waals surface area contributed by atoms with Crippen LogP contribution in [-0.2, 0) is 19.3 Å². The van der Waals surface area contributed by atoms with Crippen LogP contribution in [-0.4, -0.2) is 0 Å². The summed E-state index contributed by atoms with van der Waals surface area (Å²) in [5, 5.41) is 0. The Morgan fingerprint density at radius 1 is 0.762 bits per heavy atom. The van der Waals surface area contributed by atoms with E-state index >= 15 is 0 Å². The Morgan fingerprint density at radius 3 is 1.57 bits per heavy atom. The van der Waals surface area contributed by atoms with E-state index in [1.54, 1.807) is 0 Å². The zero-order chi connectivity index (χ0) is 15.2. The Kier molecular flexibility index (Phi) is 5.72. The summed E-state index contributed by atoms with van der Waals surface area (Å²) in [7, 11) is 0. The van der Waals surface area contributed by atoms with Gasteiger partial charge in [0, 0.05) is 0 Å². The van der Waals surface area contributed by atoms with Gasteiger partial charge in [0.15, 0.2) is 0 Å². The van der Waals surface area contributed by atoms with Crippen molar-refractivity contribution in [3.8, 4) is 0 Å². The first-order valence-corrected chi connectivity index (χ1v) is 8.30. The van der Waals surface area contributed by atoms with Gasteiger partial charge in [0.1, 0.15) is 23.0 Å². The standard InChI is InChI=1S/C19H28O2/c1-5-7-9-16-11-14(3)20-18(16)13-19-17(10-8-6-2)12-15(4)21-19/h11-12H,5-10,13H2,1-4H3. The van der Waals surface area contributed by atoms with Crippen molar-refractivity contribution >= 4 is 0 Å². The summed E-state index contributed by atoms with van der Waals surface area (Å²) in [6, 6.07) is 4.37.